The number of para-hydroxylation sites is 1. The molecule has 0 radical (unpaired) electrons. The molecule has 0 saturated carbocycles. The van der Waals surface area contributed by atoms with E-state index in [2.05, 4.69) is 5.32 Å². The standard InChI is InChI=1S/C17H13ClN2O5S/c18-10-7-26-16-13(15(22)20(16)14(10)17(23)24)19-12(21)6-9-5-8-3-1-2-4-11(8)25-9/h1-5,13,16H,6-7H2,(H,19,21)(H,23,24)/t13-,16-/m1/s1. The average Bonchev–Trinajstić information content (AvgIpc) is 3.01. The number of nitrogens with one attached hydrogen (secondary N) is 1. The maximum atomic E-state index is 12.3. The number of β-lactam (4-membered cyclic amide) rings is 1. The summed E-state index contributed by atoms with van der Waals surface area (Å²) in [6, 6.07) is 8.43. The molecule has 1 aromatic carbocycles. The van der Waals surface area contributed by atoms with Gasteiger partial charge in [0.1, 0.15) is 28.5 Å². The summed E-state index contributed by atoms with van der Waals surface area (Å²) < 4.78 is 5.60. The Morgan fingerprint density at radius 1 is 1.38 bits per heavy atom. The van der Waals surface area contributed by atoms with Crippen LogP contribution in [0.1, 0.15) is 5.76 Å². The van der Waals surface area contributed by atoms with E-state index in [1.165, 1.54) is 11.8 Å². The molecule has 9 heteroatoms. The van der Waals surface area contributed by atoms with Crippen LogP contribution in [0.25, 0.3) is 11.0 Å². The first-order valence-corrected chi connectivity index (χ1v) is 9.22. The summed E-state index contributed by atoms with van der Waals surface area (Å²) >= 11 is 7.24. The van der Waals surface area contributed by atoms with Gasteiger partial charge in [0.2, 0.25) is 5.91 Å². The van der Waals surface area contributed by atoms with Crippen LogP contribution in [-0.2, 0) is 20.8 Å². The number of carboxylic acid groups (broad SMARTS) is 1. The molecule has 2 aromatic rings. The van der Waals surface area contributed by atoms with Crippen molar-refractivity contribution in [3.8, 4) is 0 Å². The lowest BCUT2D eigenvalue weighted by Crippen LogP contribution is -2.70. The topological polar surface area (TPSA) is 99.9 Å². The molecule has 3 heterocycles. The van der Waals surface area contributed by atoms with E-state index in [1.807, 2.05) is 24.3 Å². The highest BCUT2D eigenvalue weighted by Crippen LogP contribution is 2.41. The maximum absolute atomic E-state index is 12.3. The van der Waals surface area contributed by atoms with Crippen LogP contribution in [0.4, 0.5) is 0 Å². The predicted octanol–water partition coefficient (Wildman–Crippen LogP) is 1.91. The zero-order valence-electron chi connectivity index (χ0n) is 13.3. The van der Waals surface area contributed by atoms with Crippen LogP contribution in [0.2, 0.25) is 0 Å². The summed E-state index contributed by atoms with van der Waals surface area (Å²) in [5.74, 6) is -1.30. The number of halogens is 1. The minimum atomic E-state index is -1.25. The van der Waals surface area contributed by atoms with E-state index in [0.717, 1.165) is 10.3 Å². The van der Waals surface area contributed by atoms with Crippen LogP contribution >= 0.6 is 23.4 Å². The first-order chi connectivity index (χ1) is 12.5. The number of nitrogens with zero attached hydrogens (tertiary/aromatic N) is 1. The number of furan rings is 1. The van der Waals surface area contributed by atoms with Crippen LogP contribution < -0.4 is 5.32 Å². The third-order valence-electron chi connectivity index (χ3n) is 4.25. The number of benzene rings is 1. The fourth-order valence-electron chi connectivity index (χ4n) is 3.09. The van der Waals surface area contributed by atoms with E-state index in [0.29, 0.717) is 11.3 Å². The van der Waals surface area contributed by atoms with Crippen molar-refractivity contribution in [2.24, 2.45) is 0 Å². The van der Waals surface area contributed by atoms with Crippen LogP contribution in [0.5, 0.6) is 0 Å². The van der Waals surface area contributed by atoms with Crippen LogP contribution in [0.3, 0.4) is 0 Å². The fraction of sp³-hybridized carbons (Fsp3) is 0.235. The van der Waals surface area contributed by atoms with Crippen molar-refractivity contribution in [3.63, 3.8) is 0 Å². The molecule has 2 atom stereocenters. The Labute approximate surface area is 157 Å². The van der Waals surface area contributed by atoms with Gasteiger partial charge in [-0.3, -0.25) is 14.5 Å². The molecule has 0 aliphatic carbocycles. The van der Waals surface area contributed by atoms with E-state index < -0.39 is 23.3 Å². The van der Waals surface area contributed by atoms with Gasteiger partial charge in [-0.1, -0.05) is 29.8 Å². The number of rotatable bonds is 4. The number of hydrogen-bond donors (Lipinski definition) is 2. The van der Waals surface area contributed by atoms with Gasteiger partial charge in [-0.25, -0.2) is 4.79 Å². The minimum absolute atomic E-state index is 0.00176. The molecule has 2 N–H and O–H groups in total. The van der Waals surface area contributed by atoms with E-state index in [4.69, 9.17) is 16.0 Å². The number of amides is 2. The van der Waals surface area contributed by atoms with Gasteiger partial charge in [-0.15, -0.1) is 11.8 Å². The van der Waals surface area contributed by atoms with Gasteiger partial charge in [0.05, 0.1) is 11.5 Å². The molecule has 26 heavy (non-hydrogen) atoms. The average molecular weight is 393 g/mol. The van der Waals surface area contributed by atoms with Gasteiger partial charge in [-0.05, 0) is 12.1 Å². The summed E-state index contributed by atoms with van der Waals surface area (Å²) in [4.78, 5) is 37.0. The molecule has 4 rings (SSSR count). The Morgan fingerprint density at radius 3 is 2.88 bits per heavy atom. The molecule has 0 unspecified atom stereocenters. The van der Waals surface area contributed by atoms with Gasteiger partial charge in [0.15, 0.2) is 0 Å². The molecule has 1 fully saturated rings. The van der Waals surface area contributed by atoms with Crippen molar-refractivity contribution in [1.29, 1.82) is 0 Å². The highest BCUT2D eigenvalue weighted by Gasteiger charge is 2.54. The molecular formula is C17H13ClN2O5S. The molecule has 0 spiro atoms. The Kier molecular flexibility index (Phi) is 4.16. The molecule has 0 bridgehead atoms. The van der Waals surface area contributed by atoms with E-state index in [9.17, 15) is 19.5 Å². The van der Waals surface area contributed by atoms with E-state index in [-0.39, 0.29) is 28.8 Å². The van der Waals surface area contributed by atoms with Crippen molar-refractivity contribution in [1.82, 2.24) is 10.2 Å². The zero-order chi connectivity index (χ0) is 18.4. The second-order valence-electron chi connectivity index (χ2n) is 5.94. The largest absolute Gasteiger partial charge is 0.477 e. The Bertz CT molecular complexity index is 936. The maximum Gasteiger partial charge on any atom is 0.353 e. The van der Waals surface area contributed by atoms with Gasteiger partial charge in [-0.2, -0.15) is 0 Å². The highest BCUT2D eigenvalue weighted by atomic mass is 35.5. The second-order valence-corrected chi connectivity index (χ2v) is 7.50. The molecule has 2 aliphatic heterocycles. The summed E-state index contributed by atoms with van der Waals surface area (Å²) in [7, 11) is 0. The smallest absolute Gasteiger partial charge is 0.353 e. The Morgan fingerprint density at radius 2 is 2.15 bits per heavy atom. The fourth-order valence-corrected chi connectivity index (χ4v) is 4.64. The minimum Gasteiger partial charge on any atom is -0.477 e. The van der Waals surface area contributed by atoms with Gasteiger partial charge < -0.3 is 14.8 Å². The van der Waals surface area contributed by atoms with Crippen LogP contribution in [0, 0.1) is 0 Å². The number of carbonyl (C=O) groups excluding carboxylic acids is 2. The predicted molar refractivity (Wildman–Crippen MR) is 95.5 cm³/mol. The number of hydrogen-bond acceptors (Lipinski definition) is 5. The van der Waals surface area contributed by atoms with Crippen LogP contribution in [-0.4, -0.2) is 45.0 Å². The SMILES string of the molecule is O=C(Cc1cc2ccccc2o1)N[C@@H]1C(=O)N2C(C(=O)O)=C(Cl)CS[C@H]12. The van der Waals surface area contributed by atoms with E-state index in [1.54, 1.807) is 6.07 Å². The Hall–Kier alpha value is -2.45. The van der Waals surface area contributed by atoms with Crippen molar-refractivity contribution < 1.29 is 23.9 Å². The Balaban J connectivity index is 1.44. The molecule has 2 amide bonds. The highest BCUT2D eigenvalue weighted by molar-refractivity contribution is 8.00. The van der Waals surface area contributed by atoms with Gasteiger partial charge in [0, 0.05) is 11.1 Å². The monoisotopic (exact) mass is 392 g/mol. The molecular weight excluding hydrogens is 380 g/mol. The molecule has 1 saturated heterocycles. The van der Waals surface area contributed by atoms with E-state index >= 15 is 0 Å². The van der Waals surface area contributed by atoms with Crippen LogP contribution in [0.15, 0.2) is 45.5 Å². The van der Waals surface area contributed by atoms with Gasteiger partial charge >= 0.3 is 5.97 Å². The lowest BCUT2D eigenvalue weighted by atomic mass is 10.0. The van der Waals surface area contributed by atoms with Crippen molar-refractivity contribution in [2.75, 3.05) is 5.75 Å². The second kappa shape index (κ2) is 6.37. The summed E-state index contributed by atoms with van der Waals surface area (Å²) in [5.41, 5.74) is 0.484. The number of fused-ring (bicyclic) bond motifs is 2. The molecule has 1 aromatic heterocycles. The number of carboxylic acids is 1. The lowest BCUT2D eigenvalue weighted by molar-refractivity contribution is -0.150. The first kappa shape index (κ1) is 17.0. The van der Waals surface area contributed by atoms with Crippen molar-refractivity contribution in [3.05, 3.63) is 46.8 Å². The third kappa shape index (κ3) is 2.75. The summed E-state index contributed by atoms with van der Waals surface area (Å²) in [6.07, 6.45) is -0.00176. The third-order valence-corrected chi connectivity index (χ3v) is 6.00. The van der Waals surface area contributed by atoms with Gasteiger partial charge in [0.25, 0.3) is 5.91 Å². The quantitative estimate of drug-likeness (QED) is 0.771. The zero-order valence-corrected chi connectivity index (χ0v) is 14.8. The lowest BCUT2D eigenvalue weighted by Gasteiger charge is -2.48. The number of thioether (sulfide) groups is 1. The molecule has 2 aliphatic rings. The van der Waals surface area contributed by atoms with Crippen molar-refractivity contribution >= 4 is 52.1 Å². The molecule has 134 valence electrons. The molecule has 7 nitrogen and oxygen atoms in total. The normalized spacial score (nSPS) is 22.2. The first-order valence-electron chi connectivity index (χ1n) is 7.79. The number of carbonyl (C=O) groups is 3. The number of aliphatic carboxylic acids is 1. The summed E-state index contributed by atoms with van der Waals surface area (Å²) in [6.45, 7) is 0. The summed E-state index contributed by atoms with van der Waals surface area (Å²) in [5, 5.41) is 12.5. The van der Waals surface area contributed by atoms with Crippen molar-refractivity contribution in [2.45, 2.75) is 17.8 Å².